The summed E-state index contributed by atoms with van der Waals surface area (Å²) in [5.74, 6) is 0.221. The van der Waals surface area contributed by atoms with Crippen LogP contribution >= 0.6 is 15.9 Å². The number of aryl methyl sites for hydroxylation is 1. The van der Waals surface area contributed by atoms with Crippen molar-refractivity contribution in [2.75, 3.05) is 0 Å². The van der Waals surface area contributed by atoms with Gasteiger partial charge in [0, 0.05) is 26.8 Å². The molecule has 1 N–H and O–H groups in total. The molecule has 0 aliphatic carbocycles. The van der Waals surface area contributed by atoms with Crippen LogP contribution in [0.5, 0.6) is 5.75 Å². The molecule has 0 fully saturated rings. The topological polar surface area (TPSA) is 20.2 Å². The molecule has 1 aromatic rings. The van der Waals surface area contributed by atoms with Gasteiger partial charge in [0.15, 0.2) is 0 Å². The molecule has 0 aliphatic heterocycles. The van der Waals surface area contributed by atoms with Crippen LogP contribution in [0.3, 0.4) is 0 Å². The van der Waals surface area contributed by atoms with Crippen LogP contribution in [-0.4, -0.2) is 5.11 Å². The van der Waals surface area contributed by atoms with Crippen LogP contribution in [0.1, 0.15) is 5.56 Å². The summed E-state index contributed by atoms with van der Waals surface area (Å²) in [6, 6.07) is 6.20. The molecule has 1 nitrogen and oxygen atoms in total. The predicted octanol–water partition coefficient (Wildman–Crippen LogP) is 2.26. The molecule has 1 rings (SSSR count). The molecule has 0 aromatic heterocycles. The van der Waals surface area contributed by atoms with Gasteiger partial charge in [0.1, 0.15) is 0 Å². The van der Waals surface area contributed by atoms with Crippen molar-refractivity contribution < 1.29 is 26.2 Å². The quantitative estimate of drug-likeness (QED) is 0.695. The number of hydrogen-bond donors (Lipinski definition) is 1. The van der Waals surface area contributed by atoms with E-state index in [0.29, 0.717) is 0 Å². The average Bonchev–Trinajstić information content (AvgIpc) is 1.80. The number of phenolic OH excluding ortho intramolecular Hbond substituents is 1. The molecule has 0 spiro atoms. The molecule has 0 saturated carbocycles. The number of phenols is 1. The second kappa shape index (κ2) is 4.15. The summed E-state index contributed by atoms with van der Waals surface area (Å²) in [6.45, 7) is 1.83. The summed E-state index contributed by atoms with van der Waals surface area (Å²) in [7, 11) is 0. The zero-order valence-electron chi connectivity index (χ0n) is 5.39. The Morgan fingerprint density at radius 2 is 2.20 bits per heavy atom. The Labute approximate surface area is 82.8 Å². The molecule has 0 radical (unpaired) electrons. The van der Waals surface area contributed by atoms with E-state index in [-0.39, 0.29) is 26.8 Å². The monoisotopic (exact) mass is 369 g/mol. The van der Waals surface area contributed by atoms with Crippen molar-refractivity contribution in [1.29, 1.82) is 0 Å². The largest absolute Gasteiger partial charge is 0.534 e. The molecule has 0 aliphatic rings. The molecule has 0 amide bonds. The van der Waals surface area contributed by atoms with Crippen LogP contribution in [0.4, 0.5) is 0 Å². The minimum atomic E-state index is 0. The van der Waals surface area contributed by atoms with Crippen molar-refractivity contribution >= 4 is 15.9 Å². The van der Waals surface area contributed by atoms with Crippen LogP contribution in [0.25, 0.3) is 0 Å². The van der Waals surface area contributed by atoms with Crippen LogP contribution < -0.4 is 0 Å². The molecule has 54 valence electrons. The zero-order valence-corrected chi connectivity index (χ0v) is 9.91. The zero-order chi connectivity index (χ0) is 6.85. The Bertz CT molecular complexity index is 225. The standard InChI is InChI=1S/C7H6BrO.W/c1-5-4-6(8)2-3-7(5)9;/h2,4,9H,1H3;/q-1;. The number of benzene rings is 1. The van der Waals surface area contributed by atoms with Crippen LogP contribution in [0.15, 0.2) is 16.6 Å². The first-order chi connectivity index (χ1) is 4.20. The molecule has 10 heavy (non-hydrogen) atoms. The third kappa shape index (κ3) is 2.43. The van der Waals surface area contributed by atoms with Crippen LogP contribution in [-0.2, 0) is 21.1 Å². The molecule has 1 aromatic carbocycles. The first-order valence-corrected chi connectivity index (χ1v) is 3.36. The van der Waals surface area contributed by atoms with E-state index in [9.17, 15) is 0 Å². The van der Waals surface area contributed by atoms with Gasteiger partial charge in [-0.15, -0.1) is 27.6 Å². The van der Waals surface area contributed by atoms with Crippen molar-refractivity contribution in [3.8, 4) is 5.75 Å². The van der Waals surface area contributed by atoms with Gasteiger partial charge in [-0.3, -0.25) is 0 Å². The molecule has 0 saturated heterocycles. The summed E-state index contributed by atoms with van der Waals surface area (Å²) in [5.41, 5.74) is 0.837. The molecular formula is C7H6BrOW-. The van der Waals surface area contributed by atoms with E-state index in [1.807, 2.05) is 13.0 Å². The Hall–Kier alpha value is 0.188. The average molecular weight is 370 g/mol. The second-order valence-electron chi connectivity index (χ2n) is 1.85. The Morgan fingerprint density at radius 3 is 2.60 bits per heavy atom. The van der Waals surface area contributed by atoms with Gasteiger partial charge >= 0.3 is 0 Å². The fourth-order valence-corrected chi connectivity index (χ4v) is 1.03. The van der Waals surface area contributed by atoms with Crippen LogP contribution in [0.2, 0.25) is 0 Å². The fraction of sp³-hybridized carbons (Fsp3) is 0.143. The Morgan fingerprint density at radius 1 is 1.60 bits per heavy atom. The summed E-state index contributed by atoms with van der Waals surface area (Å²) in [5, 5.41) is 8.97. The van der Waals surface area contributed by atoms with E-state index >= 15 is 0 Å². The third-order valence-electron chi connectivity index (χ3n) is 1.07. The molecular weight excluding hydrogens is 364 g/mol. The van der Waals surface area contributed by atoms with Gasteiger partial charge in [-0.25, -0.2) is 0 Å². The number of hydrogen-bond acceptors (Lipinski definition) is 1. The minimum absolute atomic E-state index is 0. The van der Waals surface area contributed by atoms with Crippen molar-refractivity contribution in [2.45, 2.75) is 6.92 Å². The normalized spacial score (nSPS) is 8.60. The van der Waals surface area contributed by atoms with Gasteiger partial charge in [-0.05, 0) is 0 Å². The van der Waals surface area contributed by atoms with Crippen molar-refractivity contribution in [1.82, 2.24) is 0 Å². The molecule has 0 unspecified atom stereocenters. The van der Waals surface area contributed by atoms with Crippen molar-refractivity contribution in [2.24, 2.45) is 0 Å². The molecule has 0 bridgehead atoms. The summed E-state index contributed by atoms with van der Waals surface area (Å²) in [6.07, 6.45) is 0. The van der Waals surface area contributed by atoms with Crippen molar-refractivity contribution in [3.63, 3.8) is 0 Å². The predicted molar refractivity (Wildman–Crippen MR) is 39.4 cm³/mol. The second-order valence-corrected chi connectivity index (χ2v) is 2.77. The first-order valence-electron chi connectivity index (χ1n) is 2.57. The summed E-state index contributed by atoms with van der Waals surface area (Å²) in [4.78, 5) is 0. The maximum Gasteiger partial charge on any atom is 0.00691 e. The molecule has 0 atom stereocenters. The Balaban J connectivity index is 0.000000810. The van der Waals surface area contributed by atoms with Crippen molar-refractivity contribution in [3.05, 3.63) is 28.2 Å². The number of aromatic hydroxyl groups is 1. The molecule has 0 heterocycles. The fourth-order valence-electron chi connectivity index (χ4n) is 0.568. The maximum atomic E-state index is 8.97. The van der Waals surface area contributed by atoms with E-state index in [1.54, 1.807) is 6.07 Å². The van der Waals surface area contributed by atoms with E-state index in [2.05, 4.69) is 22.0 Å². The first kappa shape index (κ1) is 10.2. The van der Waals surface area contributed by atoms with Gasteiger partial charge in [-0.2, -0.15) is 12.1 Å². The summed E-state index contributed by atoms with van der Waals surface area (Å²) >= 11 is 3.25. The van der Waals surface area contributed by atoms with Gasteiger partial charge in [-0.1, -0.05) is 11.4 Å². The SMILES string of the molecule is Cc1cc(Br)c[c-]c1O.[W]. The smallest absolute Gasteiger partial charge is 0.00691 e. The number of rotatable bonds is 0. The van der Waals surface area contributed by atoms with Crippen LogP contribution in [0, 0.1) is 13.0 Å². The van der Waals surface area contributed by atoms with Gasteiger partial charge in [0.2, 0.25) is 0 Å². The molecule has 3 heteroatoms. The summed E-state index contributed by atoms with van der Waals surface area (Å²) < 4.78 is 0.942. The van der Waals surface area contributed by atoms with E-state index < -0.39 is 0 Å². The van der Waals surface area contributed by atoms with E-state index in [1.165, 1.54) is 0 Å². The van der Waals surface area contributed by atoms with Gasteiger partial charge in [0.25, 0.3) is 0 Å². The Kier molecular flexibility index (Phi) is 4.23. The van der Waals surface area contributed by atoms with E-state index in [4.69, 9.17) is 5.11 Å². The van der Waals surface area contributed by atoms with Gasteiger partial charge in [0.05, 0.1) is 0 Å². The van der Waals surface area contributed by atoms with Gasteiger partial charge < -0.3 is 5.11 Å². The maximum absolute atomic E-state index is 8.97. The number of halogens is 1. The minimum Gasteiger partial charge on any atom is -0.534 e. The van der Waals surface area contributed by atoms with E-state index in [0.717, 1.165) is 10.0 Å². The third-order valence-corrected chi connectivity index (χ3v) is 1.53.